The molecule has 0 saturated heterocycles. The number of ether oxygens (including phenoxy) is 2. The number of methoxy groups -OCH3 is 1. The van der Waals surface area contributed by atoms with Crippen LogP contribution in [-0.4, -0.2) is 28.0 Å². The lowest BCUT2D eigenvalue weighted by atomic mass is 9.90. The van der Waals surface area contributed by atoms with Crippen molar-refractivity contribution in [3.8, 4) is 11.5 Å². The van der Waals surface area contributed by atoms with Crippen LogP contribution in [0.2, 0.25) is 0 Å². The number of hydrogen-bond acceptors (Lipinski definition) is 6. The molecule has 0 saturated carbocycles. The highest BCUT2D eigenvalue weighted by Crippen LogP contribution is 2.47. The highest BCUT2D eigenvalue weighted by molar-refractivity contribution is 7.91. The van der Waals surface area contributed by atoms with Crippen molar-refractivity contribution in [2.45, 2.75) is 22.1 Å². The first kappa shape index (κ1) is 21.1. The lowest BCUT2D eigenvalue weighted by Gasteiger charge is -2.24. The molecule has 0 aliphatic carbocycles. The van der Waals surface area contributed by atoms with Crippen molar-refractivity contribution >= 4 is 32.8 Å². The molecule has 0 unspecified atom stereocenters. The molecule has 31 heavy (non-hydrogen) atoms. The minimum Gasteiger partial charge on any atom is -0.493 e. The van der Waals surface area contributed by atoms with Crippen LogP contribution in [0.3, 0.4) is 0 Å². The molecular weight excluding hydrogens is 434 g/mol. The summed E-state index contributed by atoms with van der Waals surface area (Å²) in [5.74, 6) is 0.598. The van der Waals surface area contributed by atoms with Crippen molar-refractivity contribution in [3.05, 3.63) is 77.0 Å². The molecule has 8 heteroatoms. The predicted molar refractivity (Wildman–Crippen MR) is 120 cm³/mol. The van der Waals surface area contributed by atoms with Crippen LogP contribution >= 0.6 is 11.3 Å². The zero-order valence-electron chi connectivity index (χ0n) is 16.8. The largest absolute Gasteiger partial charge is 0.493 e. The van der Waals surface area contributed by atoms with Gasteiger partial charge in [-0.1, -0.05) is 36.9 Å². The smallest absolute Gasteiger partial charge is 0.225 e. The van der Waals surface area contributed by atoms with Gasteiger partial charge in [0.05, 0.1) is 17.7 Å². The quantitative estimate of drug-likeness (QED) is 0.526. The molecule has 0 radical (unpaired) electrons. The molecule has 4 rings (SSSR count). The standard InChI is InChI=1S/C23H21NO5S2/c1-3-11-29-19-12-15(9-10-18(19)28-2)17-13-21(25)24-22-20(14-30-23(17)22)31(26,27)16-7-5-4-6-8-16/h3-10,12,14,17H,1,11,13H2,2H3,(H,24,25)/t17-/m1/s1. The average Bonchev–Trinajstić information content (AvgIpc) is 3.22. The fourth-order valence-corrected chi connectivity index (χ4v) is 6.50. The van der Waals surface area contributed by atoms with Crippen LogP contribution in [0.1, 0.15) is 22.8 Å². The van der Waals surface area contributed by atoms with Gasteiger partial charge in [0.1, 0.15) is 11.5 Å². The van der Waals surface area contributed by atoms with Crippen LogP contribution in [-0.2, 0) is 14.6 Å². The molecule has 0 spiro atoms. The summed E-state index contributed by atoms with van der Waals surface area (Å²) in [7, 11) is -2.20. The molecule has 0 fully saturated rings. The van der Waals surface area contributed by atoms with Gasteiger partial charge in [0, 0.05) is 22.6 Å². The zero-order valence-corrected chi connectivity index (χ0v) is 18.5. The van der Waals surface area contributed by atoms with E-state index in [9.17, 15) is 13.2 Å². The number of fused-ring (bicyclic) bond motifs is 1. The molecule has 1 aromatic heterocycles. The number of amides is 1. The van der Waals surface area contributed by atoms with Gasteiger partial charge in [-0.25, -0.2) is 8.42 Å². The van der Waals surface area contributed by atoms with E-state index in [4.69, 9.17) is 9.47 Å². The summed E-state index contributed by atoms with van der Waals surface area (Å²) >= 11 is 1.33. The van der Waals surface area contributed by atoms with Crippen molar-refractivity contribution < 1.29 is 22.7 Å². The molecule has 2 heterocycles. The Kier molecular flexibility index (Phi) is 5.84. The van der Waals surface area contributed by atoms with E-state index in [1.54, 1.807) is 55.0 Å². The lowest BCUT2D eigenvalue weighted by molar-refractivity contribution is -0.116. The van der Waals surface area contributed by atoms with E-state index in [1.165, 1.54) is 11.3 Å². The molecule has 2 aromatic carbocycles. The van der Waals surface area contributed by atoms with E-state index in [2.05, 4.69) is 11.9 Å². The molecule has 1 amide bonds. The van der Waals surface area contributed by atoms with Gasteiger partial charge in [0.2, 0.25) is 15.7 Å². The van der Waals surface area contributed by atoms with Gasteiger partial charge in [-0.3, -0.25) is 4.79 Å². The number of nitrogens with one attached hydrogen (secondary N) is 1. The number of benzene rings is 2. The van der Waals surface area contributed by atoms with Gasteiger partial charge < -0.3 is 14.8 Å². The highest BCUT2D eigenvalue weighted by Gasteiger charge is 2.34. The molecule has 1 aliphatic rings. The average molecular weight is 456 g/mol. The first-order valence-corrected chi connectivity index (χ1v) is 11.9. The first-order chi connectivity index (χ1) is 15.0. The highest BCUT2D eigenvalue weighted by atomic mass is 32.2. The van der Waals surface area contributed by atoms with E-state index >= 15 is 0 Å². The second kappa shape index (κ2) is 8.56. The summed E-state index contributed by atoms with van der Waals surface area (Å²) in [6.07, 6.45) is 1.85. The summed E-state index contributed by atoms with van der Waals surface area (Å²) in [5, 5.41) is 4.38. The third-order valence-corrected chi connectivity index (χ3v) is 8.09. The van der Waals surface area contributed by atoms with Crippen LogP contribution in [0.5, 0.6) is 11.5 Å². The SMILES string of the molecule is C=CCOc1cc([C@H]2CC(=O)Nc3c(S(=O)(=O)c4ccccc4)csc32)ccc1OC. The summed E-state index contributed by atoms with van der Waals surface area (Å²) in [4.78, 5) is 13.6. The van der Waals surface area contributed by atoms with Crippen LogP contribution < -0.4 is 14.8 Å². The van der Waals surface area contributed by atoms with Gasteiger partial charge in [-0.05, 0) is 29.8 Å². The minimum absolute atomic E-state index is 0.119. The lowest BCUT2D eigenvalue weighted by Crippen LogP contribution is -2.23. The first-order valence-electron chi connectivity index (χ1n) is 9.58. The molecular formula is C23H21NO5S2. The van der Waals surface area contributed by atoms with Gasteiger partial charge in [0.15, 0.2) is 11.5 Å². The fraction of sp³-hybridized carbons (Fsp3) is 0.174. The third-order valence-electron chi connectivity index (χ3n) is 5.05. The number of hydrogen-bond donors (Lipinski definition) is 1. The molecule has 1 aliphatic heterocycles. The second-order valence-corrected chi connectivity index (χ2v) is 9.80. The van der Waals surface area contributed by atoms with Crippen LogP contribution in [0.4, 0.5) is 5.69 Å². The Labute approximate surface area is 185 Å². The second-order valence-electron chi connectivity index (χ2n) is 6.97. The normalized spacial score (nSPS) is 15.6. The number of anilines is 1. The summed E-state index contributed by atoms with van der Waals surface area (Å²) in [6, 6.07) is 13.7. The van der Waals surface area contributed by atoms with Gasteiger partial charge >= 0.3 is 0 Å². The van der Waals surface area contributed by atoms with E-state index < -0.39 is 9.84 Å². The molecule has 160 valence electrons. The van der Waals surface area contributed by atoms with E-state index in [0.717, 1.165) is 10.4 Å². The Morgan fingerprint density at radius 3 is 2.68 bits per heavy atom. The minimum atomic E-state index is -3.76. The van der Waals surface area contributed by atoms with Crippen molar-refractivity contribution in [1.29, 1.82) is 0 Å². The number of carbonyl (C=O) groups is 1. The van der Waals surface area contributed by atoms with Crippen molar-refractivity contribution in [2.75, 3.05) is 19.0 Å². The van der Waals surface area contributed by atoms with Crippen LogP contribution in [0, 0.1) is 0 Å². The van der Waals surface area contributed by atoms with Crippen molar-refractivity contribution in [1.82, 2.24) is 0 Å². The maximum atomic E-state index is 13.2. The number of carbonyl (C=O) groups excluding carboxylic acids is 1. The molecule has 0 bridgehead atoms. The molecule has 1 N–H and O–H groups in total. The topological polar surface area (TPSA) is 81.7 Å². The predicted octanol–water partition coefficient (Wildman–Crippen LogP) is 4.63. The number of sulfone groups is 1. The third kappa shape index (κ3) is 3.96. The fourth-order valence-electron chi connectivity index (χ4n) is 3.57. The van der Waals surface area contributed by atoms with Gasteiger partial charge in [0.25, 0.3) is 0 Å². The molecule has 3 aromatic rings. The number of rotatable bonds is 7. The van der Waals surface area contributed by atoms with E-state index in [0.29, 0.717) is 23.8 Å². The Morgan fingerprint density at radius 2 is 1.97 bits per heavy atom. The maximum Gasteiger partial charge on any atom is 0.225 e. The molecule has 1 atom stereocenters. The van der Waals surface area contributed by atoms with Crippen molar-refractivity contribution in [3.63, 3.8) is 0 Å². The van der Waals surface area contributed by atoms with Gasteiger partial charge in [-0.2, -0.15) is 0 Å². The van der Waals surface area contributed by atoms with E-state index in [1.807, 2.05) is 12.1 Å². The maximum absolute atomic E-state index is 13.2. The summed E-state index contributed by atoms with van der Waals surface area (Å²) < 4.78 is 37.4. The zero-order chi connectivity index (χ0) is 22.0. The summed E-state index contributed by atoms with van der Waals surface area (Å²) in [6.45, 7) is 3.97. The Balaban J connectivity index is 1.78. The Morgan fingerprint density at radius 1 is 1.19 bits per heavy atom. The van der Waals surface area contributed by atoms with E-state index in [-0.39, 0.29) is 28.0 Å². The Hall–Kier alpha value is -3.10. The number of thiophene rings is 1. The molecule has 6 nitrogen and oxygen atoms in total. The Bertz CT molecular complexity index is 1230. The summed E-state index contributed by atoms with van der Waals surface area (Å²) in [5.41, 5.74) is 1.21. The van der Waals surface area contributed by atoms with Gasteiger partial charge in [-0.15, -0.1) is 11.3 Å². The van der Waals surface area contributed by atoms with Crippen LogP contribution in [0.15, 0.2) is 76.4 Å². The van der Waals surface area contributed by atoms with Crippen molar-refractivity contribution in [2.24, 2.45) is 0 Å². The van der Waals surface area contributed by atoms with Crippen LogP contribution in [0.25, 0.3) is 0 Å². The monoisotopic (exact) mass is 455 g/mol.